The Morgan fingerprint density at radius 2 is 1.85 bits per heavy atom. The van der Waals surface area contributed by atoms with Crippen LogP contribution in [0.5, 0.6) is 0 Å². The first-order valence-electron chi connectivity index (χ1n) is 4.76. The van der Waals surface area contributed by atoms with Crippen LogP contribution in [0.15, 0.2) is 0 Å². The minimum atomic E-state index is 0.367. The van der Waals surface area contributed by atoms with Gasteiger partial charge in [-0.1, -0.05) is 20.8 Å². The average Bonchev–Trinajstić information content (AvgIpc) is 2.24. The van der Waals surface area contributed by atoms with Crippen molar-refractivity contribution in [3.8, 4) is 0 Å². The van der Waals surface area contributed by atoms with Crippen molar-refractivity contribution in [2.24, 2.45) is 5.41 Å². The minimum Gasteiger partial charge on any atom is -0.250 e. The molecular weight excluding hydrogens is 162 g/mol. The Morgan fingerprint density at radius 3 is 2.23 bits per heavy atom. The van der Waals surface area contributed by atoms with E-state index in [1.165, 1.54) is 0 Å². The molecule has 0 saturated heterocycles. The summed E-state index contributed by atoms with van der Waals surface area (Å²) in [7, 11) is 0. The molecule has 0 bridgehead atoms. The summed E-state index contributed by atoms with van der Waals surface area (Å²) in [6.45, 7) is 11.6. The van der Waals surface area contributed by atoms with Gasteiger partial charge in [0.1, 0.15) is 11.6 Å². The number of hydrogen-bond donors (Lipinski definition) is 0. The van der Waals surface area contributed by atoms with Gasteiger partial charge in [-0.05, 0) is 25.7 Å². The molecule has 0 atom stereocenters. The average molecular weight is 181 g/mol. The number of aromatic nitrogens is 3. The van der Waals surface area contributed by atoms with E-state index in [1.54, 1.807) is 0 Å². The third-order valence-electron chi connectivity index (χ3n) is 2.04. The van der Waals surface area contributed by atoms with E-state index in [0.29, 0.717) is 5.41 Å². The summed E-state index contributed by atoms with van der Waals surface area (Å²) < 4.78 is 1.99. The van der Waals surface area contributed by atoms with Crippen LogP contribution in [0.4, 0.5) is 0 Å². The van der Waals surface area contributed by atoms with E-state index in [2.05, 4.69) is 30.9 Å². The van der Waals surface area contributed by atoms with Crippen molar-refractivity contribution in [2.75, 3.05) is 0 Å². The predicted molar refractivity (Wildman–Crippen MR) is 53.6 cm³/mol. The standard InChI is InChI=1S/C10H19N3/c1-8-11-9(2)13(12-8)7-6-10(3,4)5/h6-7H2,1-5H3. The molecule has 0 aliphatic rings. The second-order valence-corrected chi connectivity index (χ2v) is 4.74. The van der Waals surface area contributed by atoms with E-state index in [9.17, 15) is 0 Å². The van der Waals surface area contributed by atoms with Crippen LogP contribution in [0.1, 0.15) is 38.8 Å². The molecule has 1 aromatic rings. The zero-order chi connectivity index (χ0) is 10.1. The summed E-state index contributed by atoms with van der Waals surface area (Å²) in [5.74, 6) is 1.88. The highest BCUT2D eigenvalue weighted by Gasteiger charge is 2.11. The van der Waals surface area contributed by atoms with Crippen LogP contribution in [0, 0.1) is 19.3 Å². The van der Waals surface area contributed by atoms with Crippen LogP contribution in [0.3, 0.4) is 0 Å². The van der Waals surface area contributed by atoms with E-state index in [0.717, 1.165) is 24.6 Å². The lowest BCUT2D eigenvalue weighted by molar-refractivity contribution is 0.338. The quantitative estimate of drug-likeness (QED) is 0.701. The van der Waals surface area contributed by atoms with Crippen LogP contribution in [-0.4, -0.2) is 14.8 Å². The van der Waals surface area contributed by atoms with Crippen molar-refractivity contribution in [3.05, 3.63) is 11.6 Å². The Labute approximate surface area is 80.2 Å². The van der Waals surface area contributed by atoms with Gasteiger partial charge in [0.25, 0.3) is 0 Å². The predicted octanol–water partition coefficient (Wildman–Crippen LogP) is 2.33. The normalized spacial score (nSPS) is 12.1. The van der Waals surface area contributed by atoms with Gasteiger partial charge in [0, 0.05) is 6.54 Å². The first-order chi connectivity index (χ1) is 5.88. The molecule has 1 rings (SSSR count). The lowest BCUT2D eigenvalue weighted by atomic mass is 9.92. The molecular formula is C10H19N3. The molecule has 0 aliphatic heterocycles. The molecule has 0 aliphatic carbocycles. The first kappa shape index (κ1) is 10.2. The number of nitrogens with zero attached hydrogens (tertiary/aromatic N) is 3. The van der Waals surface area contributed by atoms with Gasteiger partial charge in [0.15, 0.2) is 0 Å². The Bertz CT molecular complexity index is 281. The van der Waals surface area contributed by atoms with E-state index >= 15 is 0 Å². The molecule has 0 aromatic carbocycles. The van der Waals surface area contributed by atoms with Crippen molar-refractivity contribution in [1.29, 1.82) is 0 Å². The largest absolute Gasteiger partial charge is 0.250 e. The van der Waals surface area contributed by atoms with Crippen molar-refractivity contribution < 1.29 is 0 Å². The van der Waals surface area contributed by atoms with Crippen molar-refractivity contribution >= 4 is 0 Å². The van der Waals surface area contributed by atoms with Gasteiger partial charge >= 0.3 is 0 Å². The fourth-order valence-corrected chi connectivity index (χ4v) is 1.21. The van der Waals surface area contributed by atoms with Gasteiger partial charge < -0.3 is 0 Å². The van der Waals surface area contributed by atoms with Crippen molar-refractivity contribution in [3.63, 3.8) is 0 Å². The Kier molecular flexibility index (Phi) is 2.74. The molecule has 13 heavy (non-hydrogen) atoms. The smallest absolute Gasteiger partial charge is 0.147 e. The van der Waals surface area contributed by atoms with Gasteiger partial charge in [0.2, 0.25) is 0 Å². The Hall–Kier alpha value is -0.860. The number of rotatable bonds is 2. The summed E-state index contributed by atoms with van der Waals surface area (Å²) >= 11 is 0. The first-order valence-corrected chi connectivity index (χ1v) is 4.76. The highest BCUT2D eigenvalue weighted by atomic mass is 15.3. The fraction of sp³-hybridized carbons (Fsp3) is 0.800. The summed E-state index contributed by atoms with van der Waals surface area (Å²) in [6.07, 6.45) is 1.14. The van der Waals surface area contributed by atoms with E-state index in [-0.39, 0.29) is 0 Å². The molecule has 0 radical (unpaired) electrons. The van der Waals surface area contributed by atoms with Crippen molar-refractivity contribution in [2.45, 2.75) is 47.6 Å². The maximum Gasteiger partial charge on any atom is 0.147 e. The van der Waals surface area contributed by atoms with E-state index < -0.39 is 0 Å². The lowest BCUT2D eigenvalue weighted by Gasteiger charge is -2.17. The minimum absolute atomic E-state index is 0.367. The van der Waals surface area contributed by atoms with E-state index in [4.69, 9.17) is 0 Å². The van der Waals surface area contributed by atoms with Crippen LogP contribution in [0.2, 0.25) is 0 Å². The van der Waals surface area contributed by atoms with Crippen molar-refractivity contribution in [1.82, 2.24) is 14.8 Å². The van der Waals surface area contributed by atoms with Crippen LogP contribution in [0.25, 0.3) is 0 Å². The van der Waals surface area contributed by atoms with Gasteiger partial charge in [-0.3, -0.25) is 4.68 Å². The Morgan fingerprint density at radius 1 is 1.23 bits per heavy atom. The van der Waals surface area contributed by atoms with Gasteiger partial charge in [-0.25, -0.2) is 4.98 Å². The maximum absolute atomic E-state index is 4.32. The second-order valence-electron chi connectivity index (χ2n) is 4.74. The fourth-order valence-electron chi connectivity index (χ4n) is 1.21. The van der Waals surface area contributed by atoms with Gasteiger partial charge in [-0.15, -0.1) is 0 Å². The van der Waals surface area contributed by atoms with Crippen LogP contribution < -0.4 is 0 Å². The summed E-state index contributed by atoms with van der Waals surface area (Å²) in [6, 6.07) is 0. The second kappa shape index (κ2) is 3.48. The number of aryl methyl sites for hydroxylation is 3. The third-order valence-corrected chi connectivity index (χ3v) is 2.04. The molecule has 0 fully saturated rings. The molecule has 1 aromatic heterocycles. The highest BCUT2D eigenvalue weighted by molar-refractivity contribution is 4.87. The molecule has 1 heterocycles. The maximum atomic E-state index is 4.32. The molecule has 3 nitrogen and oxygen atoms in total. The van der Waals surface area contributed by atoms with Gasteiger partial charge in [-0.2, -0.15) is 5.10 Å². The summed E-state index contributed by atoms with van der Waals surface area (Å²) in [5, 5.41) is 4.32. The van der Waals surface area contributed by atoms with Crippen LogP contribution >= 0.6 is 0 Å². The third kappa shape index (κ3) is 3.17. The molecule has 0 unspecified atom stereocenters. The summed E-state index contributed by atoms with van der Waals surface area (Å²) in [5.41, 5.74) is 0.367. The molecule has 0 N–H and O–H groups in total. The molecule has 74 valence electrons. The highest BCUT2D eigenvalue weighted by Crippen LogP contribution is 2.19. The molecule has 0 saturated carbocycles. The molecule has 0 amide bonds. The Balaban J connectivity index is 2.59. The molecule has 3 heteroatoms. The lowest BCUT2D eigenvalue weighted by Crippen LogP contribution is -2.12. The molecule has 0 spiro atoms. The van der Waals surface area contributed by atoms with Gasteiger partial charge in [0.05, 0.1) is 0 Å². The SMILES string of the molecule is Cc1nc(C)n(CCC(C)(C)C)n1. The zero-order valence-electron chi connectivity index (χ0n) is 9.26. The topological polar surface area (TPSA) is 30.7 Å². The summed E-state index contributed by atoms with van der Waals surface area (Å²) in [4.78, 5) is 4.26. The zero-order valence-corrected chi connectivity index (χ0v) is 9.26. The monoisotopic (exact) mass is 181 g/mol. The number of hydrogen-bond acceptors (Lipinski definition) is 2. The van der Waals surface area contributed by atoms with E-state index in [1.807, 2.05) is 18.5 Å². The van der Waals surface area contributed by atoms with Crippen LogP contribution in [-0.2, 0) is 6.54 Å².